The summed E-state index contributed by atoms with van der Waals surface area (Å²) in [4.78, 5) is 27.6. The SMILES string of the molecule is C=CC(=O)N1CCN(c2nc(OC[C@@H]3CCCN3C)nc3cc(Cl)c(C#N)cc23)[C@@H](C)C1. The van der Waals surface area contributed by atoms with Crippen molar-refractivity contribution in [2.24, 2.45) is 0 Å². The third-order valence-corrected chi connectivity index (χ3v) is 6.64. The van der Waals surface area contributed by atoms with Gasteiger partial charge in [-0.3, -0.25) is 4.79 Å². The number of nitrogens with zero attached hydrogens (tertiary/aromatic N) is 6. The van der Waals surface area contributed by atoms with Gasteiger partial charge in [-0.1, -0.05) is 18.2 Å². The van der Waals surface area contributed by atoms with Crippen LogP contribution in [-0.4, -0.2) is 77.6 Å². The molecule has 2 saturated heterocycles. The fourth-order valence-corrected chi connectivity index (χ4v) is 4.64. The van der Waals surface area contributed by atoms with Crippen molar-refractivity contribution in [1.82, 2.24) is 19.8 Å². The van der Waals surface area contributed by atoms with Crippen LogP contribution < -0.4 is 9.64 Å². The van der Waals surface area contributed by atoms with Crippen LogP contribution in [0.1, 0.15) is 25.3 Å². The lowest BCUT2D eigenvalue weighted by Crippen LogP contribution is -2.53. The molecule has 168 valence electrons. The van der Waals surface area contributed by atoms with E-state index in [1.165, 1.54) is 6.08 Å². The molecule has 32 heavy (non-hydrogen) atoms. The minimum atomic E-state index is -0.0766. The van der Waals surface area contributed by atoms with Crippen molar-refractivity contribution >= 4 is 34.2 Å². The highest BCUT2D eigenvalue weighted by Crippen LogP contribution is 2.32. The lowest BCUT2D eigenvalue weighted by atomic mass is 10.1. The van der Waals surface area contributed by atoms with Crippen molar-refractivity contribution in [1.29, 1.82) is 5.26 Å². The molecule has 2 aliphatic heterocycles. The smallest absolute Gasteiger partial charge is 0.319 e. The maximum absolute atomic E-state index is 12.1. The molecular weight excluding hydrogens is 428 g/mol. The van der Waals surface area contributed by atoms with Gasteiger partial charge in [0.2, 0.25) is 5.91 Å². The quantitative estimate of drug-likeness (QED) is 0.642. The highest BCUT2D eigenvalue weighted by atomic mass is 35.5. The molecule has 2 aliphatic rings. The number of piperazine rings is 1. The summed E-state index contributed by atoms with van der Waals surface area (Å²) in [5, 5.41) is 10.6. The van der Waals surface area contributed by atoms with E-state index in [4.69, 9.17) is 21.3 Å². The van der Waals surface area contributed by atoms with Crippen molar-refractivity contribution in [2.75, 3.05) is 44.7 Å². The van der Waals surface area contributed by atoms with E-state index >= 15 is 0 Å². The summed E-state index contributed by atoms with van der Waals surface area (Å²) in [6, 6.07) is 6.21. The molecule has 0 unspecified atom stereocenters. The van der Waals surface area contributed by atoms with Crippen LogP contribution in [0.4, 0.5) is 5.82 Å². The van der Waals surface area contributed by atoms with E-state index in [-0.39, 0.29) is 11.9 Å². The lowest BCUT2D eigenvalue weighted by Gasteiger charge is -2.40. The van der Waals surface area contributed by atoms with Crippen LogP contribution >= 0.6 is 11.6 Å². The molecule has 0 radical (unpaired) electrons. The van der Waals surface area contributed by atoms with E-state index in [2.05, 4.69) is 34.5 Å². The van der Waals surface area contributed by atoms with Gasteiger partial charge >= 0.3 is 6.01 Å². The van der Waals surface area contributed by atoms with E-state index in [9.17, 15) is 10.1 Å². The summed E-state index contributed by atoms with van der Waals surface area (Å²) in [6.45, 7) is 8.93. The fraction of sp³-hybridized carbons (Fsp3) is 0.478. The molecule has 0 saturated carbocycles. The zero-order chi connectivity index (χ0) is 22.8. The average Bonchev–Trinajstić information content (AvgIpc) is 3.20. The second-order valence-electron chi connectivity index (χ2n) is 8.41. The van der Waals surface area contributed by atoms with Crippen LogP contribution in [0.25, 0.3) is 10.9 Å². The predicted octanol–water partition coefficient (Wildman–Crippen LogP) is 2.85. The first kappa shape index (κ1) is 22.3. The second kappa shape index (κ2) is 9.31. The van der Waals surface area contributed by atoms with E-state index < -0.39 is 0 Å². The predicted molar refractivity (Wildman–Crippen MR) is 124 cm³/mol. The number of carbonyl (C=O) groups is 1. The van der Waals surface area contributed by atoms with Crippen molar-refractivity contribution in [3.63, 3.8) is 0 Å². The number of nitriles is 1. The minimum Gasteiger partial charge on any atom is -0.462 e. The summed E-state index contributed by atoms with van der Waals surface area (Å²) < 4.78 is 6.03. The molecule has 4 rings (SSSR count). The standard InChI is InChI=1S/C23H27ClN6O2/c1-4-21(31)29-8-9-30(15(2)13-29)22-18-10-16(12-25)19(24)11-20(18)26-23(27-22)32-14-17-6-5-7-28(17)3/h4,10-11,15,17H,1,5-9,13-14H2,2-3H3/t15-,17-/m0/s1. The van der Waals surface area contributed by atoms with Crippen LogP contribution in [-0.2, 0) is 4.79 Å². The molecule has 2 atom stereocenters. The first-order chi connectivity index (χ1) is 15.4. The second-order valence-corrected chi connectivity index (χ2v) is 8.82. The van der Waals surface area contributed by atoms with Gasteiger partial charge < -0.3 is 19.4 Å². The molecule has 2 fully saturated rings. The Hall–Kier alpha value is -2.89. The molecule has 3 heterocycles. The number of fused-ring (bicyclic) bond motifs is 1. The van der Waals surface area contributed by atoms with Crippen LogP contribution in [0.5, 0.6) is 6.01 Å². The van der Waals surface area contributed by atoms with Crippen LogP contribution in [0.2, 0.25) is 5.02 Å². The highest BCUT2D eigenvalue weighted by molar-refractivity contribution is 6.32. The van der Waals surface area contributed by atoms with Crippen molar-refractivity contribution in [3.05, 3.63) is 35.4 Å². The number of hydrogen-bond donors (Lipinski definition) is 0. The number of rotatable bonds is 5. The monoisotopic (exact) mass is 454 g/mol. The Kier molecular flexibility index (Phi) is 6.49. The fourth-order valence-electron chi connectivity index (χ4n) is 4.44. The summed E-state index contributed by atoms with van der Waals surface area (Å²) in [5.74, 6) is 0.614. The minimum absolute atomic E-state index is 0.0146. The maximum Gasteiger partial charge on any atom is 0.319 e. The van der Waals surface area contributed by atoms with Gasteiger partial charge in [-0.2, -0.15) is 15.2 Å². The van der Waals surface area contributed by atoms with E-state index in [1.54, 1.807) is 17.0 Å². The Bertz CT molecular complexity index is 1080. The molecule has 0 aliphatic carbocycles. The number of aromatic nitrogens is 2. The highest BCUT2D eigenvalue weighted by Gasteiger charge is 2.29. The van der Waals surface area contributed by atoms with Gasteiger partial charge in [0.15, 0.2) is 0 Å². The molecular formula is C23H27ClN6O2. The maximum atomic E-state index is 12.1. The number of benzene rings is 1. The molecule has 9 heteroatoms. The molecule has 0 bridgehead atoms. The molecule has 0 spiro atoms. The largest absolute Gasteiger partial charge is 0.462 e. The lowest BCUT2D eigenvalue weighted by molar-refractivity contribution is -0.126. The Morgan fingerprint density at radius 3 is 2.84 bits per heavy atom. The number of carbonyl (C=O) groups excluding carboxylic acids is 1. The summed E-state index contributed by atoms with van der Waals surface area (Å²) in [6.07, 6.45) is 3.59. The number of halogens is 1. The van der Waals surface area contributed by atoms with Crippen molar-refractivity contribution in [3.8, 4) is 12.1 Å². The Labute approximate surface area is 193 Å². The molecule has 1 aromatic carbocycles. The Morgan fingerprint density at radius 2 is 2.19 bits per heavy atom. The van der Waals surface area contributed by atoms with E-state index in [1.807, 2.05) is 6.92 Å². The molecule has 1 aromatic heterocycles. The molecule has 2 aromatic rings. The Balaban J connectivity index is 1.69. The number of likely N-dealkylation sites (N-methyl/N-ethyl adjacent to an activating group) is 1. The van der Waals surface area contributed by atoms with Crippen molar-refractivity contribution < 1.29 is 9.53 Å². The van der Waals surface area contributed by atoms with E-state index in [0.29, 0.717) is 60.2 Å². The number of ether oxygens (including phenoxy) is 1. The van der Waals surface area contributed by atoms with Crippen LogP contribution in [0.15, 0.2) is 24.8 Å². The first-order valence-corrected chi connectivity index (χ1v) is 11.2. The van der Waals surface area contributed by atoms with Gasteiger partial charge in [-0.05, 0) is 51.6 Å². The van der Waals surface area contributed by atoms with Gasteiger partial charge in [-0.25, -0.2) is 0 Å². The molecule has 1 amide bonds. The van der Waals surface area contributed by atoms with Crippen LogP contribution in [0, 0.1) is 11.3 Å². The number of anilines is 1. The average molecular weight is 455 g/mol. The van der Waals surface area contributed by atoms with E-state index in [0.717, 1.165) is 24.8 Å². The third-order valence-electron chi connectivity index (χ3n) is 6.33. The van der Waals surface area contributed by atoms with Gasteiger partial charge in [0, 0.05) is 37.1 Å². The first-order valence-electron chi connectivity index (χ1n) is 10.8. The number of hydrogen-bond acceptors (Lipinski definition) is 7. The van der Waals surface area contributed by atoms with Gasteiger partial charge in [0.05, 0.1) is 16.1 Å². The number of likely N-dealkylation sites (tertiary alicyclic amines) is 1. The van der Waals surface area contributed by atoms with Gasteiger partial charge in [-0.15, -0.1) is 0 Å². The normalized spacial score (nSPS) is 21.6. The zero-order valence-corrected chi connectivity index (χ0v) is 19.2. The molecule has 0 N–H and O–H groups in total. The summed E-state index contributed by atoms with van der Waals surface area (Å²) >= 11 is 6.29. The third kappa shape index (κ3) is 4.36. The topological polar surface area (TPSA) is 85.6 Å². The van der Waals surface area contributed by atoms with Crippen LogP contribution in [0.3, 0.4) is 0 Å². The Morgan fingerprint density at radius 1 is 1.38 bits per heavy atom. The van der Waals surface area contributed by atoms with Crippen molar-refractivity contribution in [2.45, 2.75) is 31.8 Å². The number of amides is 1. The molecule has 8 nitrogen and oxygen atoms in total. The zero-order valence-electron chi connectivity index (χ0n) is 18.4. The summed E-state index contributed by atoms with van der Waals surface area (Å²) in [7, 11) is 2.10. The van der Waals surface area contributed by atoms with Gasteiger partial charge in [0.25, 0.3) is 0 Å². The summed E-state index contributed by atoms with van der Waals surface area (Å²) in [5.41, 5.74) is 1.00. The van der Waals surface area contributed by atoms with Gasteiger partial charge in [0.1, 0.15) is 18.5 Å².